The molecular formula is C15H17NO2. The van der Waals surface area contributed by atoms with Crippen LogP contribution in [0.2, 0.25) is 0 Å². The van der Waals surface area contributed by atoms with E-state index >= 15 is 0 Å². The fourth-order valence-electron chi connectivity index (χ4n) is 1.68. The summed E-state index contributed by atoms with van der Waals surface area (Å²) in [5.74, 6) is -0.323. The van der Waals surface area contributed by atoms with Crippen LogP contribution in [0.25, 0.3) is 17.0 Å². The Morgan fingerprint density at radius 2 is 2.06 bits per heavy atom. The third-order valence-electron chi connectivity index (χ3n) is 2.40. The van der Waals surface area contributed by atoms with Gasteiger partial charge in [0.15, 0.2) is 0 Å². The summed E-state index contributed by atoms with van der Waals surface area (Å²) in [5, 5.41) is 1.13. The molecule has 1 N–H and O–H groups in total. The van der Waals surface area contributed by atoms with Gasteiger partial charge in [-0.2, -0.15) is 0 Å². The second-order valence-corrected chi connectivity index (χ2v) is 5.19. The number of esters is 1. The highest BCUT2D eigenvalue weighted by atomic mass is 16.6. The first-order chi connectivity index (χ1) is 8.44. The van der Waals surface area contributed by atoms with Crippen molar-refractivity contribution in [3.63, 3.8) is 0 Å². The Kier molecular flexibility index (Phi) is 3.24. The van der Waals surface area contributed by atoms with Gasteiger partial charge in [0.1, 0.15) is 5.60 Å². The second kappa shape index (κ2) is 4.69. The molecule has 0 saturated heterocycles. The van der Waals surface area contributed by atoms with Crippen molar-refractivity contribution in [1.29, 1.82) is 0 Å². The number of ether oxygens (including phenoxy) is 1. The van der Waals surface area contributed by atoms with Crippen molar-refractivity contribution in [2.24, 2.45) is 0 Å². The van der Waals surface area contributed by atoms with Crippen LogP contribution in [0.3, 0.4) is 0 Å². The molecule has 2 rings (SSSR count). The molecule has 18 heavy (non-hydrogen) atoms. The number of benzene rings is 1. The fourth-order valence-corrected chi connectivity index (χ4v) is 1.68. The molecule has 3 heteroatoms. The van der Waals surface area contributed by atoms with Crippen LogP contribution in [0.1, 0.15) is 26.3 Å². The molecule has 1 aromatic carbocycles. The van der Waals surface area contributed by atoms with E-state index in [-0.39, 0.29) is 5.97 Å². The van der Waals surface area contributed by atoms with E-state index in [1.165, 1.54) is 6.08 Å². The maximum atomic E-state index is 11.5. The molecule has 1 heterocycles. The lowest BCUT2D eigenvalue weighted by molar-refractivity contribution is -0.148. The van der Waals surface area contributed by atoms with Crippen molar-refractivity contribution in [3.05, 3.63) is 42.1 Å². The van der Waals surface area contributed by atoms with E-state index in [0.717, 1.165) is 16.5 Å². The van der Waals surface area contributed by atoms with Crippen molar-refractivity contribution >= 4 is 22.9 Å². The van der Waals surface area contributed by atoms with Crippen molar-refractivity contribution in [3.8, 4) is 0 Å². The number of rotatable bonds is 2. The van der Waals surface area contributed by atoms with Crippen LogP contribution >= 0.6 is 0 Å². The zero-order valence-electron chi connectivity index (χ0n) is 10.9. The lowest BCUT2D eigenvalue weighted by Gasteiger charge is -2.17. The first-order valence-electron chi connectivity index (χ1n) is 5.92. The van der Waals surface area contributed by atoms with E-state index in [2.05, 4.69) is 4.98 Å². The molecule has 2 aromatic rings. The molecule has 0 aliphatic rings. The second-order valence-electron chi connectivity index (χ2n) is 5.19. The number of aromatic amines is 1. The standard InChI is InChI=1S/C15H17NO2/c1-15(2,3)18-14(17)7-5-11-4-6-13-12(10-11)8-9-16-13/h4-10,16H,1-3H3/b7-5+. The van der Waals surface area contributed by atoms with Gasteiger partial charge in [0.2, 0.25) is 0 Å². The zero-order valence-corrected chi connectivity index (χ0v) is 10.9. The number of nitrogens with one attached hydrogen (secondary N) is 1. The molecule has 1 aromatic heterocycles. The number of hydrogen-bond donors (Lipinski definition) is 1. The van der Waals surface area contributed by atoms with Gasteiger partial charge in [-0.15, -0.1) is 0 Å². The van der Waals surface area contributed by atoms with E-state index in [9.17, 15) is 4.79 Å². The van der Waals surface area contributed by atoms with Crippen LogP contribution in [0, 0.1) is 0 Å². The average molecular weight is 243 g/mol. The monoisotopic (exact) mass is 243 g/mol. The van der Waals surface area contributed by atoms with Crippen LogP contribution in [-0.2, 0) is 9.53 Å². The zero-order chi connectivity index (χ0) is 13.2. The van der Waals surface area contributed by atoms with E-state index in [1.807, 2.05) is 51.2 Å². The summed E-state index contributed by atoms with van der Waals surface area (Å²) >= 11 is 0. The molecule has 0 radical (unpaired) electrons. The van der Waals surface area contributed by atoms with E-state index < -0.39 is 5.60 Å². The molecule has 0 aliphatic carbocycles. The maximum absolute atomic E-state index is 11.5. The Balaban J connectivity index is 2.10. The van der Waals surface area contributed by atoms with Crippen LogP contribution in [0.5, 0.6) is 0 Å². The van der Waals surface area contributed by atoms with Crippen LogP contribution < -0.4 is 0 Å². The molecule has 0 fully saturated rings. The van der Waals surface area contributed by atoms with Gasteiger partial charge in [0.05, 0.1) is 0 Å². The minimum Gasteiger partial charge on any atom is -0.457 e. The number of carbonyl (C=O) groups excluding carboxylic acids is 1. The Hall–Kier alpha value is -2.03. The van der Waals surface area contributed by atoms with Gasteiger partial charge in [-0.25, -0.2) is 4.79 Å². The summed E-state index contributed by atoms with van der Waals surface area (Å²) in [5.41, 5.74) is 1.61. The molecule has 94 valence electrons. The summed E-state index contributed by atoms with van der Waals surface area (Å²) in [4.78, 5) is 14.7. The first kappa shape index (κ1) is 12.4. The third-order valence-corrected chi connectivity index (χ3v) is 2.40. The Morgan fingerprint density at radius 3 is 2.78 bits per heavy atom. The van der Waals surface area contributed by atoms with E-state index in [4.69, 9.17) is 4.74 Å². The van der Waals surface area contributed by atoms with E-state index in [1.54, 1.807) is 6.08 Å². The third kappa shape index (κ3) is 3.23. The topological polar surface area (TPSA) is 42.1 Å². The average Bonchev–Trinajstić information content (AvgIpc) is 2.71. The molecule has 0 unspecified atom stereocenters. The van der Waals surface area contributed by atoms with Gasteiger partial charge in [0.25, 0.3) is 0 Å². The van der Waals surface area contributed by atoms with Crippen molar-refractivity contribution in [2.75, 3.05) is 0 Å². The molecule has 0 aliphatic heterocycles. The van der Waals surface area contributed by atoms with Gasteiger partial charge in [-0.3, -0.25) is 0 Å². The predicted molar refractivity (Wildman–Crippen MR) is 73.2 cm³/mol. The molecule has 0 spiro atoms. The first-order valence-corrected chi connectivity index (χ1v) is 5.92. The van der Waals surface area contributed by atoms with Gasteiger partial charge >= 0.3 is 5.97 Å². The minimum absolute atomic E-state index is 0.323. The smallest absolute Gasteiger partial charge is 0.331 e. The fraction of sp³-hybridized carbons (Fsp3) is 0.267. The summed E-state index contributed by atoms with van der Waals surface area (Å²) in [6, 6.07) is 7.97. The number of aromatic nitrogens is 1. The van der Waals surface area contributed by atoms with Crippen molar-refractivity contribution in [2.45, 2.75) is 26.4 Å². The van der Waals surface area contributed by atoms with Gasteiger partial charge < -0.3 is 9.72 Å². The summed E-state index contributed by atoms with van der Waals surface area (Å²) in [7, 11) is 0. The van der Waals surface area contributed by atoms with E-state index in [0.29, 0.717) is 0 Å². The molecular weight excluding hydrogens is 226 g/mol. The molecule has 0 saturated carbocycles. The summed E-state index contributed by atoms with van der Waals surface area (Å²) in [6.45, 7) is 5.56. The SMILES string of the molecule is CC(C)(C)OC(=O)/C=C/c1ccc2[nH]ccc2c1. The van der Waals surface area contributed by atoms with Gasteiger partial charge in [-0.1, -0.05) is 6.07 Å². The Bertz CT molecular complexity index is 588. The van der Waals surface area contributed by atoms with Crippen molar-refractivity contribution < 1.29 is 9.53 Å². The number of H-pyrrole nitrogens is 1. The highest BCUT2D eigenvalue weighted by Gasteiger charge is 2.13. The number of hydrogen-bond acceptors (Lipinski definition) is 2. The lowest BCUT2D eigenvalue weighted by Crippen LogP contribution is -2.22. The molecule has 0 atom stereocenters. The lowest BCUT2D eigenvalue weighted by atomic mass is 10.1. The molecule has 0 amide bonds. The Morgan fingerprint density at radius 1 is 1.28 bits per heavy atom. The summed E-state index contributed by atoms with van der Waals surface area (Å²) < 4.78 is 5.20. The summed E-state index contributed by atoms with van der Waals surface area (Å²) in [6.07, 6.45) is 5.12. The Labute approximate surface area is 106 Å². The highest BCUT2D eigenvalue weighted by molar-refractivity contribution is 5.89. The predicted octanol–water partition coefficient (Wildman–Crippen LogP) is 3.52. The van der Waals surface area contributed by atoms with Crippen LogP contribution in [-0.4, -0.2) is 16.6 Å². The van der Waals surface area contributed by atoms with Crippen LogP contribution in [0.15, 0.2) is 36.5 Å². The molecule has 0 bridgehead atoms. The minimum atomic E-state index is -0.452. The largest absolute Gasteiger partial charge is 0.457 e. The van der Waals surface area contributed by atoms with Gasteiger partial charge in [-0.05, 0) is 56.0 Å². The normalized spacial score (nSPS) is 12.2. The maximum Gasteiger partial charge on any atom is 0.331 e. The number of carbonyl (C=O) groups is 1. The van der Waals surface area contributed by atoms with Gasteiger partial charge in [0, 0.05) is 17.8 Å². The highest BCUT2D eigenvalue weighted by Crippen LogP contribution is 2.15. The molecule has 3 nitrogen and oxygen atoms in total. The van der Waals surface area contributed by atoms with Crippen molar-refractivity contribution in [1.82, 2.24) is 4.98 Å². The number of fused-ring (bicyclic) bond motifs is 1. The van der Waals surface area contributed by atoms with Crippen LogP contribution in [0.4, 0.5) is 0 Å². The quantitative estimate of drug-likeness (QED) is 0.647.